The molecular formula is C13H28N2O2. The zero-order chi connectivity index (χ0) is 13.5. The fourth-order valence-corrected chi connectivity index (χ4v) is 2.01. The molecule has 0 aliphatic carbocycles. The maximum Gasteiger partial charge on any atom is 0.254 e. The van der Waals surface area contributed by atoms with E-state index in [1.807, 2.05) is 18.7 Å². The van der Waals surface area contributed by atoms with E-state index in [-0.39, 0.29) is 11.9 Å². The van der Waals surface area contributed by atoms with Gasteiger partial charge in [0.1, 0.15) is 5.60 Å². The molecule has 0 aromatic heterocycles. The van der Waals surface area contributed by atoms with Crippen LogP contribution in [0.2, 0.25) is 0 Å². The van der Waals surface area contributed by atoms with Crippen molar-refractivity contribution >= 4 is 5.91 Å². The highest BCUT2D eigenvalue weighted by Crippen LogP contribution is 2.21. The first kappa shape index (κ1) is 16.4. The van der Waals surface area contributed by atoms with Crippen molar-refractivity contribution in [3.63, 3.8) is 0 Å². The molecule has 0 radical (unpaired) electrons. The van der Waals surface area contributed by atoms with E-state index in [0.717, 1.165) is 12.8 Å². The summed E-state index contributed by atoms with van der Waals surface area (Å²) in [5.41, 5.74) is 4.88. The quantitative estimate of drug-likeness (QED) is 0.708. The van der Waals surface area contributed by atoms with Crippen molar-refractivity contribution in [3.05, 3.63) is 0 Å². The molecule has 0 bridgehead atoms. The second kappa shape index (κ2) is 7.67. The van der Waals surface area contributed by atoms with Crippen LogP contribution in [0.15, 0.2) is 0 Å². The highest BCUT2D eigenvalue weighted by molar-refractivity contribution is 5.85. The number of methoxy groups -OCH3 is 1. The monoisotopic (exact) mass is 244 g/mol. The van der Waals surface area contributed by atoms with Gasteiger partial charge in [0.2, 0.25) is 0 Å². The van der Waals surface area contributed by atoms with Gasteiger partial charge < -0.3 is 15.4 Å². The Hall–Kier alpha value is -0.610. The van der Waals surface area contributed by atoms with Crippen molar-refractivity contribution < 1.29 is 9.53 Å². The molecule has 1 amide bonds. The molecule has 2 N–H and O–H groups in total. The van der Waals surface area contributed by atoms with Crippen molar-refractivity contribution in [1.29, 1.82) is 0 Å². The van der Waals surface area contributed by atoms with Gasteiger partial charge in [-0.3, -0.25) is 4.79 Å². The summed E-state index contributed by atoms with van der Waals surface area (Å²) in [6, 6.07) is 0.257. The van der Waals surface area contributed by atoms with Gasteiger partial charge in [0, 0.05) is 26.2 Å². The number of amides is 1. The van der Waals surface area contributed by atoms with E-state index in [0.29, 0.717) is 19.5 Å². The molecule has 0 aliphatic rings. The van der Waals surface area contributed by atoms with Crippen LogP contribution in [0.1, 0.15) is 47.0 Å². The lowest BCUT2D eigenvalue weighted by Gasteiger charge is -2.37. The van der Waals surface area contributed by atoms with E-state index in [4.69, 9.17) is 10.5 Å². The van der Waals surface area contributed by atoms with Gasteiger partial charge in [-0.25, -0.2) is 0 Å². The predicted octanol–water partition coefficient (Wildman–Crippen LogP) is 1.78. The average molecular weight is 244 g/mol. The SMILES string of the molecule is CCC(CC)N(CCN)C(=O)C(C)(CC)OC. The molecule has 1 unspecified atom stereocenters. The van der Waals surface area contributed by atoms with Crippen molar-refractivity contribution in [3.8, 4) is 0 Å². The number of hydrogen-bond donors (Lipinski definition) is 1. The van der Waals surface area contributed by atoms with E-state index in [1.54, 1.807) is 7.11 Å². The molecule has 4 heteroatoms. The Kier molecular flexibility index (Phi) is 7.39. The second-order valence-corrected chi connectivity index (χ2v) is 4.55. The van der Waals surface area contributed by atoms with E-state index in [9.17, 15) is 4.79 Å². The lowest BCUT2D eigenvalue weighted by molar-refractivity contribution is -0.156. The minimum atomic E-state index is -0.724. The molecule has 0 heterocycles. The van der Waals surface area contributed by atoms with Crippen LogP contribution in [0.4, 0.5) is 0 Å². The molecule has 0 spiro atoms. The van der Waals surface area contributed by atoms with Crippen molar-refractivity contribution in [2.75, 3.05) is 20.2 Å². The fourth-order valence-electron chi connectivity index (χ4n) is 2.01. The van der Waals surface area contributed by atoms with E-state index < -0.39 is 5.60 Å². The molecular weight excluding hydrogens is 216 g/mol. The number of ether oxygens (including phenoxy) is 1. The number of hydrogen-bond acceptors (Lipinski definition) is 3. The van der Waals surface area contributed by atoms with Crippen LogP contribution in [0.25, 0.3) is 0 Å². The Labute approximate surface area is 105 Å². The Bertz CT molecular complexity index is 223. The first-order chi connectivity index (χ1) is 8.00. The van der Waals surface area contributed by atoms with Crippen LogP contribution < -0.4 is 5.73 Å². The van der Waals surface area contributed by atoms with Gasteiger partial charge in [0.15, 0.2) is 0 Å². The molecule has 0 rings (SSSR count). The van der Waals surface area contributed by atoms with Gasteiger partial charge in [-0.15, -0.1) is 0 Å². The maximum atomic E-state index is 12.5. The first-order valence-electron chi connectivity index (χ1n) is 6.56. The van der Waals surface area contributed by atoms with Crippen LogP contribution in [-0.2, 0) is 9.53 Å². The summed E-state index contributed by atoms with van der Waals surface area (Å²) in [5.74, 6) is 0.0571. The molecule has 1 atom stereocenters. The van der Waals surface area contributed by atoms with Crippen molar-refractivity contribution in [2.45, 2.75) is 58.6 Å². The Balaban J connectivity index is 4.98. The van der Waals surface area contributed by atoms with E-state index in [2.05, 4.69) is 13.8 Å². The molecule has 0 aromatic carbocycles. The standard InChI is InChI=1S/C13H28N2O2/c1-6-11(7-2)15(10-9-14)12(16)13(4,8-3)17-5/h11H,6-10,14H2,1-5H3. The summed E-state index contributed by atoms with van der Waals surface area (Å²) in [7, 11) is 1.59. The third kappa shape index (κ3) is 3.96. The van der Waals surface area contributed by atoms with Gasteiger partial charge in [-0.05, 0) is 26.2 Å². The zero-order valence-electron chi connectivity index (χ0n) is 12.0. The first-order valence-corrected chi connectivity index (χ1v) is 6.56. The van der Waals surface area contributed by atoms with E-state index in [1.165, 1.54) is 0 Å². The number of rotatable bonds is 8. The summed E-state index contributed by atoms with van der Waals surface area (Å²) in [4.78, 5) is 14.4. The van der Waals surface area contributed by atoms with Crippen LogP contribution in [-0.4, -0.2) is 42.6 Å². The summed E-state index contributed by atoms with van der Waals surface area (Å²) in [6.45, 7) is 9.11. The van der Waals surface area contributed by atoms with Gasteiger partial charge in [-0.2, -0.15) is 0 Å². The lowest BCUT2D eigenvalue weighted by Crippen LogP contribution is -2.53. The Morgan fingerprint density at radius 3 is 2.18 bits per heavy atom. The molecule has 0 saturated heterocycles. The maximum absolute atomic E-state index is 12.5. The predicted molar refractivity (Wildman–Crippen MR) is 70.8 cm³/mol. The van der Waals surface area contributed by atoms with Gasteiger partial charge in [0.25, 0.3) is 5.91 Å². The highest BCUT2D eigenvalue weighted by atomic mass is 16.5. The smallest absolute Gasteiger partial charge is 0.254 e. The second-order valence-electron chi connectivity index (χ2n) is 4.55. The van der Waals surface area contributed by atoms with Gasteiger partial charge in [-0.1, -0.05) is 20.8 Å². The Morgan fingerprint density at radius 1 is 1.35 bits per heavy atom. The lowest BCUT2D eigenvalue weighted by atomic mass is 9.99. The summed E-state index contributed by atoms with van der Waals surface area (Å²) < 4.78 is 5.38. The van der Waals surface area contributed by atoms with Crippen LogP contribution in [0.3, 0.4) is 0 Å². The summed E-state index contributed by atoms with van der Waals surface area (Å²) in [6.07, 6.45) is 2.57. The molecule has 0 saturated carbocycles. The largest absolute Gasteiger partial charge is 0.369 e. The minimum Gasteiger partial charge on any atom is -0.369 e. The number of nitrogens with zero attached hydrogens (tertiary/aromatic N) is 1. The normalized spacial score (nSPS) is 14.8. The van der Waals surface area contributed by atoms with Crippen molar-refractivity contribution in [1.82, 2.24) is 4.90 Å². The van der Waals surface area contributed by atoms with Crippen molar-refractivity contribution in [2.24, 2.45) is 5.73 Å². The molecule has 4 nitrogen and oxygen atoms in total. The fraction of sp³-hybridized carbons (Fsp3) is 0.923. The van der Waals surface area contributed by atoms with Gasteiger partial charge >= 0.3 is 0 Å². The molecule has 0 aliphatic heterocycles. The van der Waals surface area contributed by atoms with Gasteiger partial charge in [0.05, 0.1) is 0 Å². The average Bonchev–Trinajstić information content (AvgIpc) is 2.37. The topological polar surface area (TPSA) is 55.6 Å². The third-order valence-corrected chi connectivity index (χ3v) is 3.59. The summed E-state index contributed by atoms with van der Waals surface area (Å²) >= 11 is 0. The number of nitrogens with two attached hydrogens (primary N) is 1. The van der Waals surface area contributed by atoms with Crippen LogP contribution in [0.5, 0.6) is 0 Å². The Morgan fingerprint density at radius 2 is 1.88 bits per heavy atom. The number of carbonyl (C=O) groups excluding carboxylic acids is 1. The molecule has 17 heavy (non-hydrogen) atoms. The number of carbonyl (C=O) groups is 1. The molecule has 0 fully saturated rings. The van der Waals surface area contributed by atoms with E-state index >= 15 is 0 Å². The molecule has 102 valence electrons. The zero-order valence-corrected chi connectivity index (χ0v) is 12.0. The molecule has 0 aromatic rings. The third-order valence-electron chi connectivity index (χ3n) is 3.59. The highest BCUT2D eigenvalue weighted by Gasteiger charge is 2.36. The minimum absolute atomic E-state index is 0.0571. The van der Waals surface area contributed by atoms with Crippen LogP contribution >= 0.6 is 0 Å². The van der Waals surface area contributed by atoms with Crippen LogP contribution in [0, 0.1) is 0 Å². The summed E-state index contributed by atoms with van der Waals surface area (Å²) in [5, 5.41) is 0.